The molecule has 1 aliphatic rings. The van der Waals surface area contributed by atoms with Gasteiger partial charge < -0.3 is 19.5 Å². The summed E-state index contributed by atoms with van der Waals surface area (Å²) in [5.41, 5.74) is 0.967. The molecule has 1 aliphatic heterocycles. The third-order valence-electron chi connectivity index (χ3n) is 3.27. The fourth-order valence-corrected chi connectivity index (χ4v) is 1.96. The van der Waals surface area contributed by atoms with Crippen LogP contribution >= 0.6 is 0 Å². The normalized spacial score (nSPS) is 15.1. The summed E-state index contributed by atoms with van der Waals surface area (Å²) in [6.45, 7) is 7.09. The highest BCUT2D eigenvalue weighted by Crippen LogP contribution is 2.33. The first kappa shape index (κ1) is 14.2. The van der Waals surface area contributed by atoms with Crippen LogP contribution in [0.15, 0.2) is 18.2 Å². The summed E-state index contributed by atoms with van der Waals surface area (Å²) in [5, 5.41) is 3.40. The van der Waals surface area contributed by atoms with Crippen LogP contribution in [0, 0.1) is 0 Å². The van der Waals surface area contributed by atoms with E-state index in [2.05, 4.69) is 25.2 Å². The topological polar surface area (TPSA) is 39.7 Å². The van der Waals surface area contributed by atoms with Gasteiger partial charge in [0.1, 0.15) is 0 Å². The standard InChI is InChI=1S/C15H23NO3/c1-15(2,17-3)11-16-10-12-6-4-7-13-14(12)19-9-5-8-18-13/h4,6-7,16H,5,8-11H2,1-3H3. The summed E-state index contributed by atoms with van der Waals surface area (Å²) in [6.07, 6.45) is 0.929. The summed E-state index contributed by atoms with van der Waals surface area (Å²) in [7, 11) is 1.73. The lowest BCUT2D eigenvalue weighted by Gasteiger charge is -2.23. The van der Waals surface area contributed by atoms with E-state index in [1.54, 1.807) is 7.11 Å². The van der Waals surface area contributed by atoms with Gasteiger partial charge in [-0.15, -0.1) is 0 Å². The second-order valence-corrected chi connectivity index (χ2v) is 5.36. The maximum atomic E-state index is 5.79. The summed E-state index contributed by atoms with van der Waals surface area (Å²) in [6, 6.07) is 6.04. The molecule has 0 unspecified atom stereocenters. The monoisotopic (exact) mass is 265 g/mol. The van der Waals surface area contributed by atoms with E-state index in [-0.39, 0.29) is 5.60 Å². The van der Waals surface area contributed by atoms with Crippen LogP contribution in [0.5, 0.6) is 11.5 Å². The van der Waals surface area contributed by atoms with Crippen molar-refractivity contribution in [3.63, 3.8) is 0 Å². The zero-order valence-corrected chi connectivity index (χ0v) is 12.0. The van der Waals surface area contributed by atoms with Crippen LogP contribution in [-0.4, -0.2) is 32.5 Å². The van der Waals surface area contributed by atoms with Crippen molar-refractivity contribution in [2.75, 3.05) is 26.9 Å². The average Bonchev–Trinajstić information content (AvgIpc) is 2.64. The molecule has 1 aromatic rings. The highest BCUT2D eigenvalue weighted by Gasteiger charge is 2.17. The summed E-state index contributed by atoms with van der Waals surface area (Å²) >= 11 is 0. The molecule has 4 heteroatoms. The van der Waals surface area contributed by atoms with E-state index < -0.39 is 0 Å². The predicted octanol–water partition coefficient (Wildman–Crippen LogP) is 2.36. The van der Waals surface area contributed by atoms with Gasteiger partial charge >= 0.3 is 0 Å². The Balaban J connectivity index is 2.01. The van der Waals surface area contributed by atoms with Gasteiger partial charge in [-0.25, -0.2) is 0 Å². The second-order valence-electron chi connectivity index (χ2n) is 5.36. The maximum absolute atomic E-state index is 5.79. The van der Waals surface area contributed by atoms with Crippen LogP contribution in [0.2, 0.25) is 0 Å². The van der Waals surface area contributed by atoms with E-state index >= 15 is 0 Å². The number of benzene rings is 1. The summed E-state index contributed by atoms with van der Waals surface area (Å²) in [5.74, 6) is 1.73. The van der Waals surface area contributed by atoms with Gasteiger partial charge in [0, 0.05) is 32.2 Å². The first-order valence-corrected chi connectivity index (χ1v) is 6.76. The van der Waals surface area contributed by atoms with Gasteiger partial charge in [-0.3, -0.25) is 0 Å². The van der Waals surface area contributed by atoms with Crippen LogP contribution in [0.25, 0.3) is 0 Å². The SMILES string of the molecule is COC(C)(C)CNCc1cccc2c1OCCCO2. The van der Waals surface area contributed by atoms with E-state index in [9.17, 15) is 0 Å². The lowest BCUT2D eigenvalue weighted by Crippen LogP contribution is -2.36. The molecule has 0 bridgehead atoms. The third-order valence-corrected chi connectivity index (χ3v) is 3.27. The Morgan fingerprint density at radius 1 is 1.26 bits per heavy atom. The lowest BCUT2D eigenvalue weighted by atomic mass is 10.1. The molecule has 0 spiro atoms. The number of methoxy groups -OCH3 is 1. The Morgan fingerprint density at radius 3 is 2.84 bits per heavy atom. The maximum Gasteiger partial charge on any atom is 0.165 e. The predicted molar refractivity (Wildman–Crippen MR) is 74.8 cm³/mol. The number of hydrogen-bond acceptors (Lipinski definition) is 4. The minimum absolute atomic E-state index is 0.164. The van der Waals surface area contributed by atoms with Crippen LogP contribution in [0.4, 0.5) is 0 Å². The molecular weight excluding hydrogens is 242 g/mol. The molecule has 0 amide bonds. The van der Waals surface area contributed by atoms with Crippen molar-refractivity contribution >= 4 is 0 Å². The highest BCUT2D eigenvalue weighted by molar-refractivity contribution is 5.47. The molecule has 1 heterocycles. The van der Waals surface area contributed by atoms with Crippen molar-refractivity contribution in [1.82, 2.24) is 5.32 Å². The molecule has 0 fully saturated rings. The van der Waals surface area contributed by atoms with E-state index in [4.69, 9.17) is 14.2 Å². The van der Waals surface area contributed by atoms with E-state index in [0.717, 1.165) is 43.2 Å². The molecular formula is C15H23NO3. The molecule has 0 atom stereocenters. The second kappa shape index (κ2) is 6.26. The summed E-state index contributed by atoms with van der Waals surface area (Å²) < 4.78 is 16.9. The van der Waals surface area contributed by atoms with Crippen molar-refractivity contribution in [3.8, 4) is 11.5 Å². The fraction of sp³-hybridized carbons (Fsp3) is 0.600. The molecule has 0 aliphatic carbocycles. The molecule has 0 radical (unpaired) electrons. The smallest absolute Gasteiger partial charge is 0.165 e. The van der Waals surface area contributed by atoms with Crippen LogP contribution in [-0.2, 0) is 11.3 Å². The number of rotatable bonds is 5. The Hall–Kier alpha value is -1.26. The van der Waals surface area contributed by atoms with Gasteiger partial charge in [-0.1, -0.05) is 12.1 Å². The Bertz CT molecular complexity index is 418. The van der Waals surface area contributed by atoms with Crippen LogP contribution in [0.3, 0.4) is 0 Å². The lowest BCUT2D eigenvalue weighted by molar-refractivity contribution is 0.0230. The van der Waals surface area contributed by atoms with E-state index in [1.165, 1.54) is 0 Å². The number of hydrogen-bond donors (Lipinski definition) is 1. The van der Waals surface area contributed by atoms with Crippen molar-refractivity contribution < 1.29 is 14.2 Å². The summed E-state index contributed by atoms with van der Waals surface area (Å²) in [4.78, 5) is 0. The molecule has 106 valence electrons. The van der Waals surface area contributed by atoms with Gasteiger partial charge in [-0.05, 0) is 19.9 Å². The fourth-order valence-electron chi connectivity index (χ4n) is 1.96. The minimum Gasteiger partial charge on any atom is -0.490 e. The Kier molecular flexibility index (Phi) is 4.66. The van der Waals surface area contributed by atoms with Crippen molar-refractivity contribution in [2.45, 2.75) is 32.4 Å². The third kappa shape index (κ3) is 3.85. The van der Waals surface area contributed by atoms with Gasteiger partial charge in [0.05, 0.1) is 18.8 Å². The first-order valence-electron chi connectivity index (χ1n) is 6.76. The average molecular weight is 265 g/mol. The van der Waals surface area contributed by atoms with Crippen molar-refractivity contribution in [2.24, 2.45) is 0 Å². The molecule has 1 aromatic carbocycles. The highest BCUT2D eigenvalue weighted by atomic mass is 16.5. The Morgan fingerprint density at radius 2 is 2.05 bits per heavy atom. The van der Waals surface area contributed by atoms with Gasteiger partial charge in [0.25, 0.3) is 0 Å². The first-order chi connectivity index (χ1) is 9.12. The molecule has 19 heavy (non-hydrogen) atoms. The molecule has 4 nitrogen and oxygen atoms in total. The molecule has 1 N–H and O–H groups in total. The molecule has 0 aromatic heterocycles. The number of ether oxygens (including phenoxy) is 3. The van der Waals surface area contributed by atoms with Crippen LogP contribution in [0.1, 0.15) is 25.8 Å². The van der Waals surface area contributed by atoms with E-state index in [1.807, 2.05) is 12.1 Å². The molecule has 2 rings (SSSR count). The number of fused-ring (bicyclic) bond motifs is 1. The van der Waals surface area contributed by atoms with Crippen LogP contribution < -0.4 is 14.8 Å². The largest absolute Gasteiger partial charge is 0.490 e. The quantitative estimate of drug-likeness (QED) is 0.887. The molecule has 0 saturated carbocycles. The van der Waals surface area contributed by atoms with Gasteiger partial charge in [-0.2, -0.15) is 0 Å². The zero-order valence-electron chi connectivity index (χ0n) is 12.0. The van der Waals surface area contributed by atoms with Crippen molar-refractivity contribution in [1.29, 1.82) is 0 Å². The zero-order chi connectivity index (χ0) is 13.7. The minimum atomic E-state index is -0.164. The number of nitrogens with one attached hydrogen (secondary N) is 1. The number of para-hydroxylation sites is 1. The van der Waals surface area contributed by atoms with Crippen molar-refractivity contribution in [3.05, 3.63) is 23.8 Å². The Labute approximate surface area is 115 Å². The van der Waals surface area contributed by atoms with E-state index in [0.29, 0.717) is 6.61 Å². The van der Waals surface area contributed by atoms with Gasteiger partial charge in [0.2, 0.25) is 0 Å². The van der Waals surface area contributed by atoms with Gasteiger partial charge in [0.15, 0.2) is 11.5 Å². The molecule has 0 saturated heterocycles.